The number of rotatable bonds is 4. The van der Waals surface area contributed by atoms with Crippen LogP contribution in [0.1, 0.15) is 50.2 Å². The number of nitrogens with zero attached hydrogens (tertiary/aromatic N) is 6. The van der Waals surface area contributed by atoms with Crippen LogP contribution in [-0.2, 0) is 19.5 Å². The fourth-order valence-electron chi connectivity index (χ4n) is 3.83. The maximum atomic E-state index is 12.6. The van der Waals surface area contributed by atoms with Crippen LogP contribution in [-0.4, -0.2) is 48.6 Å². The van der Waals surface area contributed by atoms with Gasteiger partial charge in [-0.1, -0.05) is 6.92 Å². The van der Waals surface area contributed by atoms with Gasteiger partial charge in [-0.3, -0.25) is 4.68 Å². The first-order chi connectivity index (χ1) is 12.2. The van der Waals surface area contributed by atoms with Crippen LogP contribution in [0.2, 0.25) is 0 Å². The number of anilines is 1. The highest BCUT2D eigenvalue weighted by Gasteiger charge is 2.30. The smallest absolute Gasteiger partial charge is 0.321 e. The maximum Gasteiger partial charge on any atom is 0.321 e. The van der Waals surface area contributed by atoms with Crippen molar-refractivity contribution >= 4 is 11.7 Å². The number of urea groups is 1. The van der Waals surface area contributed by atoms with Gasteiger partial charge in [-0.25, -0.2) is 4.79 Å². The van der Waals surface area contributed by atoms with E-state index >= 15 is 0 Å². The molecule has 1 atom stereocenters. The zero-order valence-corrected chi connectivity index (χ0v) is 14.7. The number of aromatic nitrogens is 5. The van der Waals surface area contributed by atoms with Crippen molar-refractivity contribution in [3.63, 3.8) is 0 Å². The molecule has 2 aromatic heterocycles. The minimum absolute atomic E-state index is 0.0538. The van der Waals surface area contributed by atoms with E-state index in [1.807, 2.05) is 15.8 Å². The average molecular weight is 343 g/mol. The molecule has 1 N–H and O–H groups in total. The van der Waals surface area contributed by atoms with Gasteiger partial charge in [0.25, 0.3) is 0 Å². The van der Waals surface area contributed by atoms with Crippen LogP contribution in [0, 0.1) is 0 Å². The summed E-state index contributed by atoms with van der Waals surface area (Å²) in [5.41, 5.74) is 0.754. The molecule has 2 aliphatic rings. The quantitative estimate of drug-likeness (QED) is 0.923. The third-order valence-electron chi connectivity index (χ3n) is 5.05. The van der Waals surface area contributed by atoms with E-state index in [2.05, 4.69) is 32.1 Å². The number of hydrogen-bond donors (Lipinski definition) is 1. The normalized spacial score (nSPS) is 19.9. The molecule has 0 radical (unpaired) electrons. The minimum Gasteiger partial charge on any atom is -0.324 e. The summed E-state index contributed by atoms with van der Waals surface area (Å²) in [4.78, 5) is 14.5. The highest BCUT2D eigenvalue weighted by molar-refractivity contribution is 5.89. The van der Waals surface area contributed by atoms with Crippen LogP contribution >= 0.6 is 0 Å². The summed E-state index contributed by atoms with van der Waals surface area (Å²) >= 11 is 0. The van der Waals surface area contributed by atoms with E-state index in [1.165, 1.54) is 0 Å². The Morgan fingerprint density at radius 2 is 2.24 bits per heavy atom. The number of amides is 2. The molecule has 0 aliphatic carbocycles. The van der Waals surface area contributed by atoms with Crippen LogP contribution in [0.25, 0.3) is 0 Å². The van der Waals surface area contributed by atoms with Crippen LogP contribution < -0.4 is 5.32 Å². The molecule has 4 rings (SSSR count). The van der Waals surface area contributed by atoms with Gasteiger partial charge in [-0.15, -0.1) is 10.2 Å². The van der Waals surface area contributed by atoms with E-state index in [4.69, 9.17) is 0 Å². The van der Waals surface area contributed by atoms with Crippen molar-refractivity contribution in [1.82, 2.24) is 29.4 Å². The zero-order chi connectivity index (χ0) is 17.2. The molecule has 134 valence electrons. The SMILES string of the molecule is CCCn1cc(NC(=O)N2CCCC(c3nnc4n3CCC4)C2)cn1. The second-order valence-corrected chi connectivity index (χ2v) is 6.94. The van der Waals surface area contributed by atoms with Crippen molar-refractivity contribution in [1.29, 1.82) is 0 Å². The van der Waals surface area contributed by atoms with E-state index in [0.717, 1.165) is 69.1 Å². The van der Waals surface area contributed by atoms with Crippen molar-refractivity contribution in [2.75, 3.05) is 18.4 Å². The summed E-state index contributed by atoms with van der Waals surface area (Å²) < 4.78 is 4.11. The molecule has 1 fully saturated rings. The maximum absolute atomic E-state index is 12.6. The van der Waals surface area contributed by atoms with Crippen LogP contribution in [0.4, 0.5) is 10.5 Å². The average Bonchev–Trinajstić information content (AvgIpc) is 3.32. The predicted octanol–water partition coefficient (Wildman–Crippen LogP) is 2.24. The van der Waals surface area contributed by atoms with Gasteiger partial charge >= 0.3 is 6.03 Å². The van der Waals surface area contributed by atoms with Gasteiger partial charge < -0.3 is 14.8 Å². The second kappa shape index (κ2) is 6.85. The molecule has 0 aromatic carbocycles. The summed E-state index contributed by atoms with van der Waals surface area (Å²) in [5.74, 6) is 2.43. The third-order valence-corrected chi connectivity index (χ3v) is 5.05. The number of fused-ring (bicyclic) bond motifs is 1. The number of piperidine rings is 1. The Labute approximate surface area is 147 Å². The molecule has 0 spiro atoms. The number of likely N-dealkylation sites (tertiary alicyclic amines) is 1. The van der Waals surface area contributed by atoms with E-state index < -0.39 is 0 Å². The molecular weight excluding hydrogens is 318 g/mol. The van der Waals surface area contributed by atoms with Gasteiger partial charge in [0, 0.05) is 44.7 Å². The molecule has 25 heavy (non-hydrogen) atoms. The van der Waals surface area contributed by atoms with Crippen molar-refractivity contribution in [3.05, 3.63) is 24.0 Å². The van der Waals surface area contributed by atoms with Gasteiger partial charge in [-0.05, 0) is 25.7 Å². The standard InChI is InChI=1S/C17H25N7O/c1-2-7-23-12-14(10-18-23)19-17(25)22-8-3-5-13(11-22)16-21-20-15-6-4-9-24(15)16/h10,12-13H,2-9,11H2,1H3,(H,19,25). The predicted molar refractivity (Wildman–Crippen MR) is 93.4 cm³/mol. The third kappa shape index (κ3) is 3.25. The Kier molecular flexibility index (Phi) is 4.42. The lowest BCUT2D eigenvalue weighted by atomic mass is 9.97. The lowest BCUT2D eigenvalue weighted by molar-refractivity contribution is 0.190. The molecule has 1 unspecified atom stereocenters. The monoisotopic (exact) mass is 343 g/mol. The molecule has 2 amide bonds. The van der Waals surface area contributed by atoms with Gasteiger partial charge in [0.05, 0.1) is 11.9 Å². The lowest BCUT2D eigenvalue weighted by Crippen LogP contribution is -2.42. The summed E-state index contributed by atoms with van der Waals surface area (Å²) in [6, 6.07) is -0.0538. The van der Waals surface area contributed by atoms with Crippen LogP contribution in [0.3, 0.4) is 0 Å². The lowest BCUT2D eigenvalue weighted by Gasteiger charge is -2.32. The van der Waals surface area contributed by atoms with Crippen LogP contribution in [0.5, 0.6) is 0 Å². The summed E-state index contributed by atoms with van der Waals surface area (Å²) in [7, 11) is 0. The molecule has 0 saturated carbocycles. The number of nitrogens with one attached hydrogen (secondary N) is 1. The topological polar surface area (TPSA) is 80.9 Å². The van der Waals surface area contributed by atoms with E-state index in [1.54, 1.807) is 6.20 Å². The summed E-state index contributed by atoms with van der Waals surface area (Å²) in [6.07, 6.45) is 8.84. The van der Waals surface area contributed by atoms with E-state index in [0.29, 0.717) is 6.54 Å². The van der Waals surface area contributed by atoms with Crippen molar-refractivity contribution in [2.45, 2.75) is 58.0 Å². The highest BCUT2D eigenvalue weighted by atomic mass is 16.2. The molecule has 0 bridgehead atoms. The number of carbonyl (C=O) groups is 1. The summed E-state index contributed by atoms with van der Waals surface area (Å²) in [5, 5.41) is 15.9. The molecule has 4 heterocycles. The van der Waals surface area contributed by atoms with E-state index in [-0.39, 0.29) is 11.9 Å². The van der Waals surface area contributed by atoms with Gasteiger partial charge in [0.15, 0.2) is 0 Å². The largest absolute Gasteiger partial charge is 0.324 e. The Bertz CT molecular complexity index is 750. The molecule has 1 saturated heterocycles. The number of carbonyl (C=O) groups excluding carboxylic acids is 1. The Hall–Kier alpha value is -2.38. The first-order valence-corrected chi connectivity index (χ1v) is 9.25. The van der Waals surface area contributed by atoms with Gasteiger partial charge in [0.2, 0.25) is 0 Å². The van der Waals surface area contributed by atoms with Gasteiger partial charge in [-0.2, -0.15) is 5.10 Å². The number of aryl methyl sites for hydroxylation is 2. The minimum atomic E-state index is -0.0538. The zero-order valence-electron chi connectivity index (χ0n) is 14.7. The van der Waals surface area contributed by atoms with Crippen LogP contribution in [0.15, 0.2) is 12.4 Å². The second-order valence-electron chi connectivity index (χ2n) is 6.94. The van der Waals surface area contributed by atoms with Crippen molar-refractivity contribution in [2.24, 2.45) is 0 Å². The van der Waals surface area contributed by atoms with E-state index in [9.17, 15) is 4.79 Å². The van der Waals surface area contributed by atoms with Gasteiger partial charge in [0.1, 0.15) is 11.6 Å². The fraction of sp³-hybridized carbons (Fsp3) is 0.647. The fourth-order valence-corrected chi connectivity index (χ4v) is 3.83. The van der Waals surface area contributed by atoms with Crippen molar-refractivity contribution in [3.8, 4) is 0 Å². The number of hydrogen-bond acceptors (Lipinski definition) is 4. The molecular formula is C17H25N7O. The highest BCUT2D eigenvalue weighted by Crippen LogP contribution is 2.28. The molecule has 2 aromatic rings. The first kappa shape index (κ1) is 16.1. The first-order valence-electron chi connectivity index (χ1n) is 9.25. The Balaban J connectivity index is 1.40. The Morgan fingerprint density at radius 1 is 1.32 bits per heavy atom. The van der Waals surface area contributed by atoms with Crippen molar-refractivity contribution < 1.29 is 4.79 Å². The molecule has 8 heteroatoms. The molecule has 2 aliphatic heterocycles. The summed E-state index contributed by atoms with van der Waals surface area (Å²) in [6.45, 7) is 5.46. The Morgan fingerprint density at radius 3 is 3.12 bits per heavy atom. The molecule has 8 nitrogen and oxygen atoms in total.